The molecule has 0 aromatic rings. The molecule has 1 heterocycles. The topological polar surface area (TPSA) is 54.0 Å². The van der Waals surface area contributed by atoms with E-state index in [1.807, 2.05) is 6.92 Å². The summed E-state index contributed by atoms with van der Waals surface area (Å²) in [5.74, 6) is -1.55. The zero-order valence-electron chi connectivity index (χ0n) is 8.90. The van der Waals surface area contributed by atoms with Crippen LogP contribution in [0.2, 0.25) is 0 Å². The third kappa shape index (κ3) is 1.81. The molecule has 1 aliphatic rings. The third-order valence-electron chi connectivity index (χ3n) is 2.38. The van der Waals surface area contributed by atoms with E-state index in [1.54, 1.807) is 0 Å². The lowest BCUT2D eigenvalue weighted by Gasteiger charge is -2.38. The molecule has 0 N–H and O–H groups in total. The van der Waals surface area contributed by atoms with E-state index < -0.39 is 12.1 Å². The van der Waals surface area contributed by atoms with Gasteiger partial charge in [0.15, 0.2) is 0 Å². The summed E-state index contributed by atoms with van der Waals surface area (Å²) < 4.78 is 20.4. The zero-order chi connectivity index (χ0) is 10.8. The molecule has 1 aliphatic heterocycles. The fraction of sp³-hybridized carbons (Fsp3) is 0.889. The monoisotopic (exact) mass is 204 g/mol. The molecule has 82 valence electrons. The summed E-state index contributed by atoms with van der Waals surface area (Å²) in [5.41, 5.74) is 0. The average molecular weight is 204 g/mol. The van der Waals surface area contributed by atoms with Crippen LogP contribution < -0.4 is 0 Å². The lowest BCUT2D eigenvalue weighted by molar-refractivity contribution is -0.272. The van der Waals surface area contributed by atoms with Gasteiger partial charge in [-0.3, -0.25) is 4.79 Å². The SMILES string of the molecule is CO[C@H]1O[C@H](C)CC(OC)(OC)C1=O. The minimum atomic E-state index is -1.22. The van der Waals surface area contributed by atoms with Crippen LogP contribution in [0.3, 0.4) is 0 Å². The molecule has 1 rings (SSSR count). The minimum absolute atomic E-state index is 0.141. The molecule has 0 aromatic heterocycles. The Hall–Kier alpha value is -0.490. The number of methoxy groups -OCH3 is 3. The quantitative estimate of drug-likeness (QED) is 0.620. The summed E-state index contributed by atoms with van der Waals surface area (Å²) in [6.07, 6.45) is -0.671. The molecule has 0 aromatic carbocycles. The maximum atomic E-state index is 11.8. The second kappa shape index (κ2) is 4.35. The lowest BCUT2D eigenvalue weighted by atomic mass is 10.0. The Morgan fingerprint density at radius 2 is 1.93 bits per heavy atom. The smallest absolute Gasteiger partial charge is 0.247 e. The summed E-state index contributed by atoms with van der Waals surface area (Å²) in [4.78, 5) is 11.8. The second-order valence-corrected chi connectivity index (χ2v) is 3.24. The fourth-order valence-corrected chi connectivity index (χ4v) is 1.59. The lowest BCUT2D eigenvalue weighted by Crippen LogP contribution is -2.56. The van der Waals surface area contributed by atoms with Gasteiger partial charge in [-0.15, -0.1) is 0 Å². The van der Waals surface area contributed by atoms with Gasteiger partial charge >= 0.3 is 0 Å². The van der Waals surface area contributed by atoms with Crippen molar-refractivity contribution >= 4 is 5.78 Å². The van der Waals surface area contributed by atoms with Gasteiger partial charge in [0.05, 0.1) is 6.10 Å². The van der Waals surface area contributed by atoms with E-state index >= 15 is 0 Å². The first-order valence-electron chi connectivity index (χ1n) is 4.42. The highest BCUT2D eigenvalue weighted by Crippen LogP contribution is 2.29. The Balaban J connectivity index is 2.88. The maximum Gasteiger partial charge on any atom is 0.247 e. The molecule has 0 unspecified atom stereocenters. The first-order valence-corrected chi connectivity index (χ1v) is 4.42. The van der Waals surface area contributed by atoms with Crippen LogP contribution in [0.4, 0.5) is 0 Å². The molecule has 0 saturated carbocycles. The van der Waals surface area contributed by atoms with Crippen molar-refractivity contribution in [2.75, 3.05) is 21.3 Å². The molecule has 0 spiro atoms. The molecule has 1 saturated heterocycles. The van der Waals surface area contributed by atoms with Crippen molar-refractivity contribution in [3.63, 3.8) is 0 Å². The highest BCUT2D eigenvalue weighted by atomic mass is 16.7. The molecular formula is C9H16O5. The predicted octanol–water partition coefficient (Wildman–Crippen LogP) is 0.326. The van der Waals surface area contributed by atoms with Gasteiger partial charge in [0.1, 0.15) is 0 Å². The second-order valence-electron chi connectivity index (χ2n) is 3.24. The molecular weight excluding hydrogens is 188 g/mol. The molecule has 14 heavy (non-hydrogen) atoms. The number of hydrogen-bond donors (Lipinski definition) is 0. The van der Waals surface area contributed by atoms with E-state index in [2.05, 4.69) is 0 Å². The number of carbonyl (C=O) groups is 1. The average Bonchev–Trinajstić information content (AvgIpc) is 2.21. The van der Waals surface area contributed by atoms with Gasteiger partial charge in [-0.25, -0.2) is 0 Å². The Morgan fingerprint density at radius 1 is 1.36 bits per heavy atom. The highest BCUT2D eigenvalue weighted by Gasteiger charge is 2.49. The van der Waals surface area contributed by atoms with Crippen molar-refractivity contribution < 1.29 is 23.7 Å². The number of rotatable bonds is 3. The molecule has 1 fully saturated rings. The van der Waals surface area contributed by atoms with Gasteiger partial charge in [0, 0.05) is 27.8 Å². The summed E-state index contributed by atoms with van der Waals surface area (Å²) in [6, 6.07) is 0. The minimum Gasteiger partial charge on any atom is -0.349 e. The fourth-order valence-electron chi connectivity index (χ4n) is 1.59. The first kappa shape index (κ1) is 11.6. The summed E-state index contributed by atoms with van der Waals surface area (Å²) in [7, 11) is 4.29. The van der Waals surface area contributed by atoms with Crippen molar-refractivity contribution in [2.45, 2.75) is 31.5 Å². The Morgan fingerprint density at radius 3 is 2.36 bits per heavy atom. The van der Waals surface area contributed by atoms with Gasteiger partial charge in [-0.05, 0) is 6.92 Å². The van der Waals surface area contributed by atoms with E-state index in [0.717, 1.165) is 0 Å². The van der Waals surface area contributed by atoms with Gasteiger partial charge < -0.3 is 18.9 Å². The van der Waals surface area contributed by atoms with Crippen molar-refractivity contribution in [1.82, 2.24) is 0 Å². The van der Waals surface area contributed by atoms with Crippen molar-refractivity contribution in [2.24, 2.45) is 0 Å². The van der Waals surface area contributed by atoms with Crippen LogP contribution in [0, 0.1) is 0 Å². The van der Waals surface area contributed by atoms with E-state index in [0.29, 0.717) is 6.42 Å². The van der Waals surface area contributed by atoms with E-state index in [4.69, 9.17) is 18.9 Å². The van der Waals surface area contributed by atoms with Gasteiger partial charge in [0.2, 0.25) is 17.9 Å². The number of carbonyl (C=O) groups excluding carboxylic acids is 1. The van der Waals surface area contributed by atoms with Crippen LogP contribution in [0.25, 0.3) is 0 Å². The van der Waals surface area contributed by atoms with Crippen LogP contribution in [-0.4, -0.2) is 45.3 Å². The largest absolute Gasteiger partial charge is 0.349 e. The number of ketones is 1. The standard InChI is InChI=1S/C9H16O5/c1-6-5-9(12-3,13-4)7(10)8(11-2)14-6/h6,8H,5H2,1-4H3/t6-,8+/m1/s1. The van der Waals surface area contributed by atoms with Crippen LogP contribution in [0.5, 0.6) is 0 Å². The summed E-state index contributed by atoms with van der Waals surface area (Å²) in [6.45, 7) is 1.84. The van der Waals surface area contributed by atoms with Crippen LogP contribution in [0.1, 0.15) is 13.3 Å². The predicted molar refractivity (Wildman–Crippen MR) is 47.7 cm³/mol. The normalized spacial score (nSPS) is 31.9. The van der Waals surface area contributed by atoms with E-state index in [1.165, 1.54) is 21.3 Å². The molecule has 0 aliphatic carbocycles. The van der Waals surface area contributed by atoms with Crippen molar-refractivity contribution in [1.29, 1.82) is 0 Å². The maximum absolute atomic E-state index is 11.8. The van der Waals surface area contributed by atoms with Crippen LogP contribution >= 0.6 is 0 Å². The number of Topliss-reactive ketones (excluding diaryl/α,β-unsaturated/α-hetero) is 1. The molecule has 0 bridgehead atoms. The number of hydrogen-bond acceptors (Lipinski definition) is 5. The molecule has 5 nitrogen and oxygen atoms in total. The van der Waals surface area contributed by atoms with Crippen molar-refractivity contribution in [3.8, 4) is 0 Å². The highest BCUT2D eigenvalue weighted by molar-refractivity contribution is 5.89. The van der Waals surface area contributed by atoms with Crippen molar-refractivity contribution in [3.05, 3.63) is 0 Å². The molecule has 0 amide bonds. The van der Waals surface area contributed by atoms with E-state index in [-0.39, 0.29) is 11.9 Å². The zero-order valence-corrected chi connectivity index (χ0v) is 8.90. The molecule has 0 radical (unpaired) electrons. The van der Waals surface area contributed by atoms with Gasteiger partial charge in [-0.2, -0.15) is 0 Å². The van der Waals surface area contributed by atoms with E-state index in [9.17, 15) is 4.79 Å². The van der Waals surface area contributed by atoms with Gasteiger partial charge in [-0.1, -0.05) is 0 Å². The Kier molecular flexibility index (Phi) is 3.60. The van der Waals surface area contributed by atoms with Crippen LogP contribution in [0.15, 0.2) is 0 Å². The molecule has 2 atom stereocenters. The summed E-state index contributed by atoms with van der Waals surface area (Å²) >= 11 is 0. The Labute approximate surface area is 83.3 Å². The third-order valence-corrected chi connectivity index (χ3v) is 2.38. The van der Waals surface area contributed by atoms with Crippen LogP contribution in [-0.2, 0) is 23.7 Å². The molecule has 5 heteroatoms. The summed E-state index contributed by atoms with van der Waals surface area (Å²) in [5, 5.41) is 0. The number of ether oxygens (including phenoxy) is 4. The first-order chi connectivity index (χ1) is 6.59. The van der Waals surface area contributed by atoms with Gasteiger partial charge in [0.25, 0.3) is 0 Å². The Bertz CT molecular complexity index is 211.